The van der Waals surface area contributed by atoms with Crippen LogP contribution in [0.3, 0.4) is 0 Å². The first-order valence-corrected chi connectivity index (χ1v) is 5.84. The van der Waals surface area contributed by atoms with Crippen LogP contribution in [0.4, 0.5) is 0 Å². The van der Waals surface area contributed by atoms with E-state index in [2.05, 4.69) is 46.9 Å². The molecule has 0 heterocycles. The predicted octanol–water partition coefficient (Wildman–Crippen LogP) is 2.97. The second-order valence-electron chi connectivity index (χ2n) is 4.68. The smallest absolute Gasteiger partial charge is 0.0704 e. The summed E-state index contributed by atoms with van der Waals surface area (Å²) in [5.74, 6) is 0. The van der Waals surface area contributed by atoms with Crippen molar-refractivity contribution in [2.24, 2.45) is 0 Å². The molecule has 0 spiro atoms. The van der Waals surface area contributed by atoms with E-state index in [1.54, 1.807) is 0 Å². The lowest BCUT2D eigenvalue weighted by Crippen LogP contribution is -2.42. The van der Waals surface area contributed by atoms with Crippen molar-refractivity contribution in [1.29, 1.82) is 0 Å². The van der Waals surface area contributed by atoms with Gasteiger partial charge in [0.15, 0.2) is 0 Å². The first-order valence-electron chi connectivity index (χ1n) is 5.84. The minimum Gasteiger partial charge on any atom is -0.371 e. The summed E-state index contributed by atoms with van der Waals surface area (Å²) < 4.78 is 5.98. The van der Waals surface area contributed by atoms with E-state index in [0.717, 1.165) is 13.0 Å². The Morgan fingerprint density at radius 3 is 2.21 bits per heavy atom. The molecule has 0 fully saturated rings. The molecule has 0 aliphatic heterocycles. The fourth-order valence-corrected chi connectivity index (χ4v) is 1.23. The maximum absolute atomic E-state index is 5.98. The van der Waals surface area contributed by atoms with E-state index in [4.69, 9.17) is 4.74 Å². The quantitative estimate of drug-likeness (QED) is 0.684. The molecule has 0 aromatic carbocycles. The molecule has 2 unspecified atom stereocenters. The Bertz CT molecular complexity index is 145. The highest BCUT2D eigenvalue weighted by atomic mass is 16.5. The van der Waals surface area contributed by atoms with Crippen molar-refractivity contribution in [1.82, 2.24) is 5.32 Å². The van der Waals surface area contributed by atoms with Crippen LogP contribution in [0.15, 0.2) is 0 Å². The van der Waals surface area contributed by atoms with Gasteiger partial charge in [0.2, 0.25) is 0 Å². The third-order valence-electron chi connectivity index (χ3n) is 2.78. The highest BCUT2D eigenvalue weighted by molar-refractivity contribution is 4.74. The van der Waals surface area contributed by atoms with Crippen molar-refractivity contribution in [2.75, 3.05) is 6.54 Å². The summed E-state index contributed by atoms with van der Waals surface area (Å²) in [5, 5.41) is 3.45. The molecule has 14 heavy (non-hydrogen) atoms. The molecule has 0 aliphatic carbocycles. The van der Waals surface area contributed by atoms with Crippen molar-refractivity contribution in [3.8, 4) is 0 Å². The summed E-state index contributed by atoms with van der Waals surface area (Å²) in [5.41, 5.74) is 0.00156. The Morgan fingerprint density at radius 1 is 1.21 bits per heavy atom. The molecular weight excluding hydrogens is 174 g/mol. The third-order valence-corrected chi connectivity index (χ3v) is 2.78. The second-order valence-corrected chi connectivity index (χ2v) is 4.68. The van der Waals surface area contributed by atoms with Crippen LogP contribution in [0.2, 0.25) is 0 Å². The molecule has 2 atom stereocenters. The zero-order valence-corrected chi connectivity index (χ0v) is 10.7. The Kier molecular flexibility index (Phi) is 6.38. The molecule has 0 radical (unpaired) electrons. The Labute approximate surface area is 89.4 Å². The first kappa shape index (κ1) is 13.9. The van der Waals surface area contributed by atoms with Crippen LogP contribution in [-0.2, 0) is 4.74 Å². The summed E-state index contributed by atoms with van der Waals surface area (Å²) in [6, 6.07) is 0.431. The molecule has 0 saturated carbocycles. The minimum atomic E-state index is 0.00156. The van der Waals surface area contributed by atoms with Crippen molar-refractivity contribution in [3.05, 3.63) is 0 Å². The zero-order valence-electron chi connectivity index (χ0n) is 10.7. The molecule has 86 valence electrons. The molecule has 0 aromatic heterocycles. The SMILES string of the molecule is CCCNC(C)C(C)OC(C)(C)CC. The van der Waals surface area contributed by atoms with Crippen LogP contribution < -0.4 is 5.32 Å². The third kappa shape index (κ3) is 5.61. The number of rotatable bonds is 7. The van der Waals surface area contributed by atoms with Crippen LogP contribution >= 0.6 is 0 Å². The van der Waals surface area contributed by atoms with Gasteiger partial charge in [0.25, 0.3) is 0 Å². The van der Waals surface area contributed by atoms with Gasteiger partial charge >= 0.3 is 0 Å². The fourth-order valence-electron chi connectivity index (χ4n) is 1.23. The van der Waals surface area contributed by atoms with Gasteiger partial charge in [-0.3, -0.25) is 0 Å². The van der Waals surface area contributed by atoms with Crippen LogP contribution in [0.5, 0.6) is 0 Å². The predicted molar refractivity (Wildman–Crippen MR) is 62.7 cm³/mol. The molecule has 1 N–H and O–H groups in total. The van der Waals surface area contributed by atoms with Crippen molar-refractivity contribution < 1.29 is 4.74 Å². The van der Waals surface area contributed by atoms with Gasteiger partial charge in [-0.2, -0.15) is 0 Å². The number of nitrogens with one attached hydrogen (secondary N) is 1. The highest BCUT2D eigenvalue weighted by Crippen LogP contribution is 2.17. The van der Waals surface area contributed by atoms with Gasteiger partial charge in [-0.05, 0) is 47.1 Å². The molecule has 0 bridgehead atoms. The fraction of sp³-hybridized carbons (Fsp3) is 1.00. The van der Waals surface area contributed by atoms with Crippen molar-refractivity contribution in [2.45, 2.75) is 72.1 Å². The largest absolute Gasteiger partial charge is 0.371 e. The van der Waals surface area contributed by atoms with E-state index >= 15 is 0 Å². The summed E-state index contributed by atoms with van der Waals surface area (Å²) in [6.45, 7) is 14.0. The van der Waals surface area contributed by atoms with E-state index in [1.807, 2.05) is 0 Å². The average Bonchev–Trinajstić information content (AvgIpc) is 2.13. The van der Waals surface area contributed by atoms with Gasteiger partial charge < -0.3 is 10.1 Å². The van der Waals surface area contributed by atoms with Gasteiger partial charge in [0, 0.05) is 6.04 Å². The van der Waals surface area contributed by atoms with Gasteiger partial charge in [-0.15, -0.1) is 0 Å². The van der Waals surface area contributed by atoms with Crippen LogP contribution in [0.1, 0.15) is 54.4 Å². The van der Waals surface area contributed by atoms with Gasteiger partial charge in [-0.25, -0.2) is 0 Å². The second kappa shape index (κ2) is 6.41. The summed E-state index contributed by atoms with van der Waals surface area (Å²) in [6.07, 6.45) is 2.50. The Balaban J connectivity index is 3.87. The van der Waals surface area contributed by atoms with Crippen molar-refractivity contribution in [3.63, 3.8) is 0 Å². The lowest BCUT2D eigenvalue weighted by atomic mass is 10.1. The molecule has 0 amide bonds. The van der Waals surface area contributed by atoms with Gasteiger partial charge in [0.05, 0.1) is 11.7 Å². The molecule has 0 aliphatic rings. The standard InChI is InChI=1S/C12H27NO/c1-7-9-13-10(3)11(4)14-12(5,6)8-2/h10-11,13H,7-9H2,1-6H3. The topological polar surface area (TPSA) is 21.3 Å². The minimum absolute atomic E-state index is 0.00156. The average molecular weight is 201 g/mol. The number of hydrogen-bond acceptors (Lipinski definition) is 2. The molecule has 0 saturated heterocycles. The van der Waals surface area contributed by atoms with Gasteiger partial charge in [0.1, 0.15) is 0 Å². The molecule has 2 heteroatoms. The number of ether oxygens (including phenoxy) is 1. The van der Waals surface area contributed by atoms with Crippen molar-refractivity contribution >= 4 is 0 Å². The molecule has 2 nitrogen and oxygen atoms in total. The monoisotopic (exact) mass is 201 g/mol. The van der Waals surface area contributed by atoms with Gasteiger partial charge in [-0.1, -0.05) is 13.8 Å². The van der Waals surface area contributed by atoms with E-state index in [9.17, 15) is 0 Å². The lowest BCUT2D eigenvalue weighted by molar-refractivity contribution is -0.0768. The lowest BCUT2D eigenvalue weighted by Gasteiger charge is -2.31. The van der Waals surface area contributed by atoms with E-state index in [0.29, 0.717) is 6.04 Å². The molecule has 0 aromatic rings. The number of hydrogen-bond donors (Lipinski definition) is 1. The first-order chi connectivity index (χ1) is 6.43. The van der Waals surface area contributed by atoms with E-state index in [-0.39, 0.29) is 11.7 Å². The van der Waals surface area contributed by atoms with Crippen LogP contribution in [-0.4, -0.2) is 24.3 Å². The molecule has 0 rings (SSSR count). The Hall–Kier alpha value is -0.0800. The summed E-state index contributed by atoms with van der Waals surface area (Å²) in [4.78, 5) is 0. The summed E-state index contributed by atoms with van der Waals surface area (Å²) in [7, 11) is 0. The maximum Gasteiger partial charge on any atom is 0.0704 e. The Morgan fingerprint density at radius 2 is 1.79 bits per heavy atom. The summed E-state index contributed by atoms with van der Waals surface area (Å²) >= 11 is 0. The normalized spacial score (nSPS) is 16.7. The van der Waals surface area contributed by atoms with Crippen LogP contribution in [0, 0.1) is 0 Å². The molecular formula is C12H27NO. The van der Waals surface area contributed by atoms with E-state index in [1.165, 1.54) is 6.42 Å². The maximum atomic E-state index is 5.98. The highest BCUT2D eigenvalue weighted by Gasteiger charge is 2.22. The van der Waals surface area contributed by atoms with E-state index < -0.39 is 0 Å². The zero-order chi connectivity index (χ0) is 11.2. The van der Waals surface area contributed by atoms with Crippen LogP contribution in [0.25, 0.3) is 0 Å².